The maximum Gasteiger partial charge on any atom is 0.317 e. The number of hydrogen-bond acceptors (Lipinski definition) is 7. The molecule has 10 nitrogen and oxygen atoms in total. The second-order valence-electron chi connectivity index (χ2n) is 8.87. The number of carbonyl (C=O) groups is 2. The van der Waals surface area contributed by atoms with Crippen LogP contribution in [-0.2, 0) is 4.79 Å². The van der Waals surface area contributed by atoms with Crippen LogP contribution < -0.4 is 19.7 Å². The number of aromatic nitrogens is 2. The third-order valence-electron chi connectivity index (χ3n) is 6.41. The van der Waals surface area contributed by atoms with Gasteiger partial charge in [-0.3, -0.25) is 4.79 Å². The predicted molar refractivity (Wildman–Crippen MR) is 133 cm³/mol. The molecule has 188 valence electrons. The monoisotopic (exact) mass is 482 g/mol. The number of piperazine rings is 1. The molecule has 1 saturated carbocycles. The number of ether oxygens (including phenoxy) is 2. The third kappa shape index (κ3) is 6.12. The van der Waals surface area contributed by atoms with E-state index in [1.165, 1.54) is 0 Å². The molecule has 0 spiro atoms. The summed E-state index contributed by atoms with van der Waals surface area (Å²) in [5.41, 5.74) is 1.55. The highest BCUT2D eigenvalue weighted by molar-refractivity contribution is 5.84. The number of amides is 3. The first-order valence-corrected chi connectivity index (χ1v) is 12.1. The summed E-state index contributed by atoms with van der Waals surface area (Å²) in [6.07, 6.45) is 2.27. The lowest BCUT2D eigenvalue weighted by atomic mass is 10.1. The minimum absolute atomic E-state index is 0.00964. The Bertz CT molecular complexity index is 1020. The Morgan fingerprint density at radius 2 is 1.83 bits per heavy atom. The molecule has 3 amide bonds. The molecule has 0 bridgehead atoms. The van der Waals surface area contributed by atoms with Gasteiger partial charge in [-0.1, -0.05) is 0 Å². The smallest absolute Gasteiger partial charge is 0.317 e. The van der Waals surface area contributed by atoms with E-state index < -0.39 is 0 Å². The Hall–Kier alpha value is -3.56. The van der Waals surface area contributed by atoms with E-state index in [0.717, 1.165) is 24.2 Å². The minimum Gasteiger partial charge on any atom is -0.497 e. The lowest BCUT2D eigenvalue weighted by Crippen LogP contribution is -2.53. The van der Waals surface area contributed by atoms with Gasteiger partial charge in [0.05, 0.1) is 19.9 Å². The summed E-state index contributed by atoms with van der Waals surface area (Å²) >= 11 is 0. The molecule has 1 aliphatic heterocycles. The van der Waals surface area contributed by atoms with Crippen LogP contribution in [0.5, 0.6) is 11.5 Å². The SMILES string of the molecule is CCNC(=O)N(CC(=O)N1CCN(c2ccc(-c3ccc(OC)cc3OC)nn2)CC1)CC1CC1. The quantitative estimate of drug-likeness (QED) is 0.585. The van der Waals surface area contributed by atoms with Crippen molar-refractivity contribution in [1.82, 2.24) is 25.3 Å². The maximum absolute atomic E-state index is 12.9. The molecule has 0 unspecified atom stereocenters. The average Bonchev–Trinajstić information content (AvgIpc) is 3.72. The summed E-state index contributed by atoms with van der Waals surface area (Å²) in [6, 6.07) is 9.29. The first kappa shape index (κ1) is 24.6. The molecule has 1 N–H and O–H groups in total. The summed E-state index contributed by atoms with van der Waals surface area (Å²) in [7, 11) is 3.23. The number of hydrogen-bond donors (Lipinski definition) is 1. The van der Waals surface area contributed by atoms with E-state index in [2.05, 4.69) is 20.4 Å². The van der Waals surface area contributed by atoms with Crippen molar-refractivity contribution in [2.24, 2.45) is 5.92 Å². The van der Waals surface area contributed by atoms with E-state index in [-0.39, 0.29) is 18.5 Å². The zero-order valence-corrected chi connectivity index (χ0v) is 20.7. The van der Waals surface area contributed by atoms with Gasteiger partial charge in [0.2, 0.25) is 5.91 Å². The zero-order valence-electron chi connectivity index (χ0n) is 20.7. The molecule has 2 aromatic rings. The molecule has 2 aliphatic rings. The lowest BCUT2D eigenvalue weighted by Gasteiger charge is -2.36. The Kier molecular flexibility index (Phi) is 7.89. The molecule has 0 radical (unpaired) electrons. The molecule has 4 rings (SSSR count). The second-order valence-corrected chi connectivity index (χ2v) is 8.87. The van der Waals surface area contributed by atoms with Crippen LogP contribution in [0.2, 0.25) is 0 Å². The van der Waals surface area contributed by atoms with Crippen LogP contribution in [0.3, 0.4) is 0 Å². The molecule has 0 atom stereocenters. The van der Waals surface area contributed by atoms with E-state index in [9.17, 15) is 9.59 Å². The van der Waals surface area contributed by atoms with Crippen LogP contribution in [0, 0.1) is 5.92 Å². The molecular formula is C25H34N6O4. The molecule has 2 heterocycles. The van der Waals surface area contributed by atoms with Crippen LogP contribution in [0.4, 0.5) is 10.6 Å². The summed E-state index contributed by atoms with van der Waals surface area (Å²) in [6.45, 7) is 5.71. The summed E-state index contributed by atoms with van der Waals surface area (Å²) in [5, 5.41) is 11.7. The molecule has 2 fully saturated rings. The highest BCUT2D eigenvalue weighted by Crippen LogP contribution is 2.32. The Balaban J connectivity index is 1.33. The van der Waals surface area contributed by atoms with Crippen molar-refractivity contribution >= 4 is 17.8 Å². The third-order valence-corrected chi connectivity index (χ3v) is 6.41. The van der Waals surface area contributed by atoms with Crippen molar-refractivity contribution in [2.75, 3.05) is 64.9 Å². The van der Waals surface area contributed by atoms with Gasteiger partial charge < -0.3 is 29.5 Å². The molecule has 35 heavy (non-hydrogen) atoms. The zero-order chi connectivity index (χ0) is 24.8. The van der Waals surface area contributed by atoms with Crippen LogP contribution in [-0.4, -0.2) is 92.0 Å². The van der Waals surface area contributed by atoms with Gasteiger partial charge in [-0.15, -0.1) is 10.2 Å². The fraction of sp³-hybridized carbons (Fsp3) is 0.520. The number of carbonyl (C=O) groups excluding carboxylic acids is 2. The number of nitrogens with one attached hydrogen (secondary N) is 1. The standard InChI is InChI=1S/C25H34N6O4/c1-4-26-25(33)31(16-18-5-6-18)17-24(32)30-13-11-29(12-14-30)23-10-9-21(27-28-23)20-8-7-19(34-2)15-22(20)35-3/h7-10,15,18H,4-6,11-14,16-17H2,1-3H3,(H,26,33). The van der Waals surface area contributed by atoms with Crippen molar-refractivity contribution in [2.45, 2.75) is 19.8 Å². The first-order valence-electron chi connectivity index (χ1n) is 12.1. The predicted octanol–water partition coefficient (Wildman–Crippen LogP) is 2.25. The molecule has 1 aliphatic carbocycles. The van der Waals surface area contributed by atoms with Gasteiger partial charge in [-0.05, 0) is 49.9 Å². The summed E-state index contributed by atoms with van der Waals surface area (Å²) < 4.78 is 10.7. The molecule has 1 aromatic heterocycles. The van der Waals surface area contributed by atoms with Crippen LogP contribution in [0.25, 0.3) is 11.3 Å². The first-order chi connectivity index (χ1) is 17.0. The van der Waals surface area contributed by atoms with E-state index in [0.29, 0.717) is 62.4 Å². The molecule has 1 saturated heterocycles. The van der Waals surface area contributed by atoms with Crippen molar-refractivity contribution in [1.29, 1.82) is 0 Å². The van der Waals surface area contributed by atoms with Crippen molar-refractivity contribution in [3.8, 4) is 22.8 Å². The van der Waals surface area contributed by atoms with E-state index >= 15 is 0 Å². The van der Waals surface area contributed by atoms with Crippen LogP contribution >= 0.6 is 0 Å². The molecule has 10 heteroatoms. The highest BCUT2D eigenvalue weighted by Gasteiger charge is 2.30. The average molecular weight is 483 g/mol. The van der Waals surface area contributed by atoms with Gasteiger partial charge >= 0.3 is 6.03 Å². The van der Waals surface area contributed by atoms with Gasteiger partial charge in [-0.2, -0.15) is 0 Å². The van der Waals surface area contributed by atoms with Crippen LogP contribution in [0.1, 0.15) is 19.8 Å². The number of urea groups is 1. The van der Waals surface area contributed by atoms with Crippen molar-refractivity contribution < 1.29 is 19.1 Å². The van der Waals surface area contributed by atoms with Crippen LogP contribution in [0.15, 0.2) is 30.3 Å². The van der Waals surface area contributed by atoms with E-state index in [1.807, 2.05) is 42.2 Å². The lowest BCUT2D eigenvalue weighted by molar-refractivity contribution is -0.132. The van der Waals surface area contributed by atoms with E-state index in [1.54, 1.807) is 19.1 Å². The topological polar surface area (TPSA) is 100 Å². The number of rotatable bonds is 9. The Morgan fingerprint density at radius 1 is 1.06 bits per heavy atom. The van der Waals surface area contributed by atoms with Gasteiger partial charge in [0, 0.05) is 50.9 Å². The number of benzene rings is 1. The molecular weight excluding hydrogens is 448 g/mol. The summed E-state index contributed by atoms with van der Waals surface area (Å²) in [5.74, 6) is 2.67. The number of anilines is 1. The largest absolute Gasteiger partial charge is 0.497 e. The molecule has 1 aromatic carbocycles. The fourth-order valence-corrected chi connectivity index (χ4v) is 4.19. The summed E-state index contributed by atoms with van der Waals surface area (Å²) in [4.78, 5) is 30.9. The maximum atomic E-state index is 12.9. The van der Waals surface area contributed by atoms with Gasteiger partial charge in [-0.25, -0.2) is 4.79 Å². The van der Waals surface area contributed by atoms with Crippen molar-refractivity contribution in [3.05, 3.63) is 30.3 Å². The fourth-order valence-electron chi connectivity index (χ4n) is 4.19. The number of nitrogens with zero attached hydrogens (tertiary/aromatic N) is 5. The normalized spacial score (nSPS) is 15.5. The Labute approximate surface area is 206 Å². The van der Waals surface area contributed by atoms with Gasteiger partial charge in [0.1, 0.15) is 18.0 Å². The van der Waals surface area contributed by atoms with Crippen molar-refractivity contribution in [3.63, 3.8) is 0 Å². The van der Waals surface area contributed by atoms with E-state index in [4.69, 9.17) is 9.47 Å². The van der Waals surface area contributed by atoms with Gasteiger partial charge in [0.25, 0.3) is 0 Å². The second kappa shape index (κ2) is 11.2. The Morgan fingerprint density at radius 3 is 2.43 bits per heavy atom. The minimum atomic E-state index is -0.157. The number of methoxy groups -OCH3 is 2. The van der Waals surface area contributed by atoms with Gasteiger partial charge in [0.15, 0.2) is 5.82 Å². The highest BCUT2D eigenvalue weighted by atomic mass is 16.5.